The Hall–Kier alpha value is -0.460. The first kappa shape index (κ1) is 13.6. The summed E-state index contributed by atoms with van der Waals surface area (Å²) >= 11 is 3.42. The van der Waals surface area contributed by atoms with Crippen LogP contribution in [0.5, 0.6) is 0 Å². The molecule has 16 heavy (non-hydrogen) atoms. The molecule has 0 saturated carbocycles. The molecule has 0 aliphatic heterocycles. The molecule has 1 aromatic heterocycles. The van der Waals surface area contributed by atoms with Gasteiger partial charge < -0.3 is 10.1 Å². The number of rotatable bonds is 7. The molecule has 0 saturated heterocycles. The molecule has 0 aliphatic carbocycles. The number of hydrogen-bond acceptors (Lipinski definition) is 4. The zero-order valence-electron chi connectivity index (χ0n) is 10.0. The van der Waals surface area contributed by atoms with Crippen LogP contribution in [0.25, 0.3) is 0 Å². The van der Waals surface area contributed by atoms with Crippen LogP contribution >= 0.6 is 15.9 Å². The first-order valence-corrected chi connectivity index (χ1v) is 6.30. The van der Waals surface area contributed by atoms with E-state index in [0.29, 0.717) is 0 Å². The van der Waals surface area contributed by atoms with Crippen molar-refractivity contribution in [3.8, 4) is 0 Å². The normalized spacial score (nSPS) is 13.0. The SMILES string of the molecule is CCOCCCC(NC)c1c(Br)nnn1C. The van der Waals surface area contributed by atoms with Crippen molar-refractivity contribution in [3.05, 3.63) is 10.3 Å². The summed E-state index contributed by atoms with van der Waals surface area (Å²) < 4.78 is 7.94. The highest BCUT2D eigenvalue weighted by Crippen LogP contribution is 2.23. The minimum atomic E-state index is 0.259. The van der Waals surface area contributed by atoms with E-state index in [4.69, 9.17) is 4.74 Å². The van der Waals surface area contributed by atoms with Crippen LogP contribution in [-0.4, -0.2) is 35.3 Å². The van der Waals surface area contributed by atoms with Gasteiger partial charge in [0.2, 0.25) is 0 Å². The Balaban J connectivity index is 2.54. The molecule has 0 aromatic carbocycles. The molecule has 1 unspecified atom stereocenters. The maximum atomic E-state index is 5.33. The Morgan fingerprint density at radius 2 is 2.31 bits per heavy atom. The van der Waals surface area contributed by atoms with E-state index in [2.05, 4.69) is 31.6 Å². The van der Waals surface area contributed by atoms with Crippen molar-refractivity contribution in [2.45, 2.75) is 25.8 Å². The molecule has 6 heteroatoms. The van der Waals surface area contributed by atoms with E-state index in [9.17, 15) is 0 Å². The average Bonchev–Trinajstić information content (AvgIpc) is 2.60. The summed E-state index contributed by atoms with van der Waals surface area (Å²) in [6, 6.07) is 0.259. The fourth-order valence-corrected chi connectivity index (χ4v) is 2.26. The van der Waals surface area contributed by atoms with Gasteiger partial charge in [-0.15, -0.1) is 5.10 Å². The minimum absolute atomic E-state index is 0.259. The largest absolute Gasteiger partial charge is 0.382 e. The molecule has 5 nitrogen and oxygen atoms in total. The second-order valence-electron chi connectivity index (χ2n) is 3.57. The van der Waals surface area contributed by atoms with Crippen molar-refractivity contribution in [3.63, 3.8) is 0 Å². The summed E-state index contributed by atoms with van der Waals surface area (Å²) in [5.41, 5.74) is 1.08. The van der Waals surface area contributed by atoms with Gasteiger partial charge in [0.15, 0.2) is 4.60 Å². The topological polar surface area (TPSA) is 52.0 Å². The van der Waals surface area contributed by atoms with Gasteiger partial charge >= 0.3 is 0 Å². The van der Waals surface area contributed by atoms with E-state index < -0.39 is 0 Å². The van der Waals surface area contributed by atoms with E-state index in [1.165, 1.54) is 0 Å². The van der Waals surface area contributed by atoms with Crippen LogP contribution in [0.4, 0.5) is 0 Å². The van der Waals surface area contributed by atoms with Crippen LogP contribution < -0.4 is 5.32 Å². The van der Waals surface area contributed by atoms with Crippen molar-refractivity contribution in [1.29, 1.82) is 0 Å². The zero-order chi connectivity index (χ0) is 12.0. The first-order valence-electron chi connectivity index (χ1n) is 5.50. The van der Waals surface area contributed by atoms with E-state index in [1.807, 2.05) is 21.0 Å². The van der Waals surface area contributed by atoms with Crippen molar-refractivity contribution >= 4 is 15.9 Å². The Kier molecular flexibility index (Phi) is 5.94. The second kappa shape index (κ2) is 6.98. The molecular formula is C10H19BrN4O. The Labute approximate surface area is 105 Å². The third-order valence-electron chi connectivity index (χ3n) is 2.49. The Morgan fingerprint density at radius 1 is 1.56 bits per heavy atom. The summed E-state index contributed by atoms with van der Waals surface area (Å²) in [5, 5.41) is 11.2. The van der Waals surface area contributed by atoms with Gasteiger partial charge in [-0.25, -0.2) is 4.68 Å². The number of nitrogens with zero attached hydrogens (tertiary/aromatic N) is 3. The Morgan fingerprint density at radius 3 is 2.81 bits per heavy atom. The van der Waals surface area contributed by atoms with E-state index in [0.717, 1.165) is 36.4 Å². The molecule has 0 aliphatic rings. The molecular weight excluding hydrogens is 272 g/mol. The lowest BCUT2D eigenvalue weighted by Crippen LogP contribution is -2.20. The van der Waals surface area contributed by atoms with Gasteiger partial charge in [-0.1, -0.05) is 5.21 Å². The second-order valence-corrected chi connectivity index (χ2v) is 4.32. The smallest absolute Gasteiger partial charge is 0.153 e. The van der Waals surface area contributed by atoms with Crippen molar-refractivity contribution in [2.24, 2.45) is 7.05 Å². The first-order chi connectivity index (χ1) is 7.70. The van der Waals surface area contributed by atoms with E-state index >= 15 is 0 Å². The standard InChI is InChI=1S/C10H19BrN4O/c1-4-16-7-5-6-8(12-2)9-10(11)13-14-15(9)3/h8,12H,4-7H2,1-3H3. The zero-order valence-corrected chi connectivity index (χ0v) is 11.6. The molecule has 1 heterocycles. The van der Waals surface area contributed by atoms with E-state index in [-0.39, 0.29) is 6.04 Å². The molecule has 1 aromatic rings. The number of aryl methyl sites for hydroxylation is 1. The molecule has 1 rings (SSSR count). The van der Waals surface area contributed by atoms with Crippen molar-refractivity contribution < 1.29 is 4.74 Å². The van der Waals surface area contributed by atoms with Gasteiger partial charge in [-0.05, 0) is 42.7 Å². The van der Waals surface area contributed by atoms with Gasteiger partial charge in [0.05, 0.1) is 11.7 Å². The van der Waals surface area contributed by atoms with Crippen molar-refractivity contribution in [1.82, 2.24) is 20.3 Å². The lowest BCUT2D eigenvalue weighted by Gasteiger charge is -2.16. The highest BCUT2D eigenvalue weighted by molar-refractivity contribution is 9.10. The molecule has 0 spiro atoms. The highest BCUT2D eigenvalue weighted by atomic mass is 79.9. The Bertz CT molecular complexity index is 296. The predicted octanol–water partition coefficient (Wildman–Crippen LogP) is 1.65. The number of nitrogens with one attached hydrogen (secondary N) is 1. The van der Waals surface area contributed by atoms with Gasteiger partial charge in [0, 0.05) is 20.3 Å². The van der Waals surface area contributed by atoms with E-state index in [1.54, 1.807) is 4.68 Å². The van der Waals surface area contributed by atoms with Gasteiger partial charge in [-0.3, -0.25) is 0 Å². The van der Waals surface area contributed by atoms with Crippen LogP contribution in [0, 0.1) is 0 Å². The summed E-state index contributed by atoms with van der Waals surface area (Å²) in [4.78, 5) is 0. The van der Waals surface area contributed by atoms with Crippen molar-refractivity contribution in [2.75, 3.05) is 20.3 Å². The van der Waals surface area contributed by atoms with Crippen LogP contribution in [0.15, 0.2) is 4.60 Å². The molecule has 0 bridgehead atoms. The van der Waals surface area contributed by atoms with Gasteiger partial charge in [0.25, 0.3) is 0 Å². The fourth-order valence-electron chi connectivity index (χ4n) is 1.66. The molecule has 1 N–H and O–H groups in total. The fraction of sp³-hybridized carbons (Fsp3) is 0.800. The van der Waals surface area contributed by atoms with Crippen LogP contribution in [0.3, 0.4) is 0 Å². The summed E-state index contributed by atoms with van der Waals surface area (Å²) in [5.74, 6) is 0. The average molecular weight is 291 g/mol. The molecule has 0 fully saturated rings. The number of halogens is 1. The third kappa shape index (κ3) is 3.54. The van der Waals surface area contributed by atoms with Gasteiger partial charge in [0.1, 0.15) is 0 Å². The molecule has 0 radical (unpaired) electrons. The summed E-state index contributed by atoms with van der Waals surface area (Å²) in [6.45, 7) is 3.59. The number of aromatic nitrogens is 3. The number of hydrogen-bond donors (Lipinski definition) is 1. The van der Waals surface area contributed by atoms with Crippen LogP contribution in [0.2, 0.25) is 0 Å². The molecule has 1 atom stereocenters. The lowest BCUT2D eigenvalue weighted by atomic mass is 10.1. The van der Waals surface area contributed by atoms with Crippen LogP contribution in [0.1, 0.15) is 31.5 Å². The third-order valence-corrected chi connectivity index (χ3v) is 3.06. The maximum absolute atomic E-state index is 5.33. The maximum Gasteiger partial charge on any atom is 0.153 e. The van der Waals surface area contributed by atoms with Gasteiger partial charge in [-0.2, -0.15) is 0 Å². The molecule has 0 amide bonds. The predicted molar refractivity (Wildman–Crippen MR) is 66.2 cm³/mol. The monoisotopic (exact) mass is 290 g/mol. The highest BCUT2D eigenvalue weighted by Gasteiger charge is 2.17. The summed E-state index contributed by atoms with van der Waals surface area (Å²) in [7, 11) is 3.85. The quantitative estimate of drug-likeness (QED) is 0.776. The lowest BCUT2D eigenvalue weighted by molar-refractivity contribution is 0.141. The minimum Gasteiger partial charge on any atom is -0.382 e. The van der Waals surface area contributed by atoms with Crippen LogP contribution in [-0.2, 0) is 11.8 Å². The summed E-state index contributed by atoms with van der Waals surface area (Å²) in [6.07, 6.45) is 2.04. The number of ether oxygens (including phenoxy) is 1. The molecule has 92 valence electrons.